The molecule has 4 rings (SSSR count). The average Bonchev–Trinajstić information content (AvgIpc) is 3.17. The zero-order valence-corrected chi connectivity index (χ0v) is 16.1. The van der Waals surface area contributed by atoms with E-state index in [4.69, 9.17) is 4.74 Å². The van der Waals surface area contributed by atoms with Gasteiger partial charge in [-0.2, -0.15) is 13.2 Å². The van der Waals surface area contributed by atoms with Crippen molar-refractivity contribution in [1.82, 2.24) is 24.5 Å². The Morgan fingerprint density at radius 3 is 2.79 bits per heavy atom. The number of likely N-dealkylation sites (N-methyl/N-ethyl adjacent to an activating group) is 1. The Morgan fingerprint density at radius 1 is 1.24 bits per heavy atom. The molecule has 7 nitrogen and oxygen atoms in total. The minimum Gasteiger partial charge on any atom is -0.496 e. The second kappa shape index (κ2) is 7.51. The molecule has 154 valence electrons. The van der Waals surface area contributed by atoms with Crippen LogP contribution in [0.2, 0.25) is 0 Å². The zero-order chi connectivity index (χ0) is 20.6. The number of likely N-dealkylation sites (tertiary alicyclic amines) is 1. The number of fused-ring (bicyclic) bond motifs is 1. The molecule has 0 radical (unpaired) electrons. The standard InChI is InChI=1S/C19H21F3N6O/c1-27-8-3-4-13(11-27)24-18-26-25-16(17-23-7-9-28(17)18)14-6-5-12(19(20,21)22)10-15(14)29-2/h5-7,9-10,13H,3-4,8,11H2,1-2H3,(H,24,26)/t13-/m1/s1. The van der Waals surface area contributed by atoms with Crippen LogP contribution in [0.15, 0.2) is 30.6 Å². The van der Waals surface area contributed by atoms with Gasteiger partial charge < -0.3 is 15.0 Å². The van der Waals surface area contributed by atoms with Crippen LogP contribution in [0.4, 0.5) is 19.1 Å². The summed E-state index contributed by atoms with van der Waals surface area (Å²) >= 11 is 0. The summed E-state index contributed by atoms with van der Waals surface area (Å²) in [5.74, 6) is 0.612. The number of hydrogen-bond acceptors (Lipinski definition) is 6. The fraction of sp³-hybridized carbons (Fsp3) is 0.421. The van der Waals surface area contributed by atoms with Gasteiger partial charge in [0.2, 0.25) is 5.95 Å². The first-order chi connectivity index (χ1) is 13.9. The van der Waals surface area contributed by atoms with Gasteiger partial charge in [-0.25, -0.2) is 4.98 Å². The minimum absolute atomic E-state index is 0.0636. The molecule has 10 heteroatoms. The summed E-state index contributed by atoms with van der Waals surface area (Å²) in [5.41, 5.74) is 0.454. The zero-order valence-electron chi connectivity index (χ0n) is 16.1. The van der Waals surface area contributed by atoms with Crippen molar-refractivity contribution < 1.29 is 17.9 Å². The highest BCUT2D eigenvalue weighted by Gasteiger charge is 2.32. The number of imidazole rings is 1. The Balaban J connectivity index is 1.72. The lowest BCUT2D eigenvalue weighted by Gasteiger charge is -2.30. The molecule has 1 saturated heterocycles. The summed E-state index contributed by atoms with van der Waals surface area (Å²) in [4.78, 5) is 6.59. The van der Waals surface area contributed by atoms with Crippen LogP contribution in [0, 0.1) is 0 Å². The predicted octanol–water partition coefficient (Wildman–Crippen LogP) is 3.32. The molecule has 0 unspecified atom stereocenters. The smallest absolute Gasteiger partial charge is 0.416 e. The summed E-state index contributed by atoms with van der Waals surface area (Å²) in [6, 6.07) is 3.53. The van der Waals surface area contributed by atoms with Gasteiger partial charge in [-0.1, -0.05) is 0 Å². The monoisotopic (exact) mass is 406 g/mol. The fourth-order valence-corrected chi connectivity index (χ4v) is 3.64. The molecule has 0 saturated carbocycles. The molecule has 29 heavy (non-hydrogen) atoms. The van der Waals surface area contributed by atoms with E-state index in [1.807, 2.05) is 0 Å². The average molecular weight is 406 g/mol. The van der Waals surface area contributed by atoms with E-state index in [2.05, 4.69) is 32.4 Å². The number of hydrogen-bond donors (Lipinski definition) is 1. The van der Waals surface area contributed by atoms with Crippen molar-refractivity contribution in [2.24, 2.45) is 0 Å². The summed E-state index contributed by atoms with van der Waals surface area (Å²) < 4.78 is 46.1. The third kappa shape index (κ3) is 3.84. The van der Waals surface area contributed by atoms with Crippen molar-refractivity contribution in [3.8, 4) is 17.0 Å². The first-order valence-electron chi connectivity index (χ1n) is 9.27. The summed E-state index contributed by atoms with van der Waals surface area (Å²) in [6.45, 7) is 1.96. The molecule has 1 aliphatic rings. The summed E-state index contributed by atoms with van der Waals surface area (Å²) in [7, 11) is 3.40. The normalized spacial score (nSPS) is 18.2. The van der Waals surface area contributed by atoms with E-state index in [1.165, 1.54) is 13.2 Å². The van der Waals surface area contributed by atoms with Gasteiger partial charge >= 0.3 is 6.18 Å². The van der Waals surface area contributed by atoms with Crippen LogP contribution in [0.5, 0.6) is 5.75 Å². The largest absolute Gasteiger partial charge is 0.496 e. The van der Waals surface area contributed by atoms with Gasteiger partial charge in [0.1, 0.15) is 11.4 Å². The second-order valence-corrected chi connectivity index (χ2v) is 7.15. The number of nitrogens with zero attached hydrogens (tertiary/aromatic N) is 5. The molecule has 1 N–H and O–H groups in total. The van der Waals surface area contributed by atoms with Crippen LogP contribution in [0.25, 0.3) is 16.9 Å². The van der Waals surface area contributed by atoms with Crippen LogP contribution >= 0.6 is 0 Å². The Morgan fingerprint density at radius 2 is 2.07 bits per heavy atom. The fourth-order valence-electron chi connectivity index (χ4n) is 3.64. The molecule has 0 aliphatic carbocycles. The Kier molecular flexibility index (Phi) is 5.03. The molecule has 3 aromatic rings. The molecule has 1 atom stereocenters. The lowest BCUT2D eigenvalue weighted by Crippen LogP contribution is -2.40. The summed E-state index contributed by atoms with van der Waals surface area (Å²) in [6.07, 6.45) is 1.02. The first-order valence-corrected chi connectivity index (χ1v) is 9.27. The lowest BCUT2D eigenvalue weighted by molar-refractivity contribution is -0.137. The molecule has 1 aromatic carbocycles. The number of benzene rings is 1. The lowest BCUT2D eigenvalue weighted by atomic mass is 10.1. The van der Waals surface area contributed by atoms with E-state index in [0.717, 1.165) is 38.1 Å². The first kappa shape index (κ1) is 19.4. The van der Waals surface area contributed by atoms with Crippen molar-refractivity contribution in [2.45, 2.75) is 25.1 Å². The van der Waals surface area contributed by atoms with Crippen molar-refractivity contribution in [1.29, 1.82) is 0 Å². The Bertz CT molecular complexity index is 1020. The number of halogens is 3. The van der Waals surface area contributed by atoms with Crippen LogP contribution in [0.3, 0.4) is 0 Å². The number of ether oxygens (including phenoxy) is 1. The van der Waals surface area contributed by atoms with Crippen molar-refractivity contribution in [3.63, 3.8) is 0 Å². The highest BCUT2D eigenvalue weighted by atomic mass is 19.4. The van der Waals surface area contributed by atoms with Gasteiger partial charge in [0.05, 0.1) is 12.7 Å². The van der Waals surface area contributed by atoms with Crippen molar-refractivity contribution >= 4 is 11.6 Å². The number of piperidine rings is 1. The number of methoxy groups -OCH3 is 1. The highest BCUT2D eigenvalue weighted by molar-refractivity contribution is 5.79. The highest BCUT2D eigenvalue weighted by Crippen LogP contribution is 2.37. The number of anilines is 1. The molecule has 1 aliphatic heterocycles. The molecule has 0 spiro atoms. The predicted molar refractivity (Wildman–Crippen MR) is 102 cm³/mol. The molecular weight excluding hydrogens is 385 g/mol. The van der Waals surface area contributed by atoms with E-state index >= 15 is 0 Å². The SMILES string of the molecule is COc1cc(C(F)(F)F)ccc1-c1nnc(N[C@@H]2CCCN(C)C2)n2ccnc12. The van der Waals surface area contributed by atoms with E-state index in [0.29, 0.717) is 22.9 Å². The number of aromatic nitrogens is 4. The minimum atomic E-state index is -4.46. The molecule has 2 aromatic heterocycles. The second-order valence-electron chi connectivity index (χ2n) is 7.15. The van der Waals surface area contributed by atoms with Crippen molar-refractivity contribution in [2.75, 3.05) is 32.6 Å². The van der Waals surface area contributed by atoms with E-state index in [1.54, 1.807) is 16.8 Å². The maximum absolute atomic E-state index is 13.0. The number of rotatable bonds is 4. The van der Waals surface area contributed by atoms with Gasteiger partial charge in [-0.05, 0) is 44.6 Å². The summed E-state index contributed by atoms with van der Waals surface area (Å²) in [5, 5.41) is 12.0. The van der Waals surface area contributed by atoms with Gasteiger partial charge in [0, 0.05) is 30.5 Å². The molecule has 3 heterocycles. The van der Waals surface area contributed by atoms with Gasteiger partial charge in [0.15, 0.2) is 5.65 Å². The van der Waals surface area contributed by atoms with Gasteiger partial charge in [0.25, 0.3) is 0 Å². The van der Waals surface area contributed by atoms with E-state index in [-0.39, 0.29) is 11.8 Å². The third-order valence-corrected chi connectivity index (χ3v) is 5.07. The molecule has 1 fully saturated rings. The molecule has 0 bridgehead atoms. The Labute approximate surface area is 165 Å². The molecule has 0 amide bonds. The maximum atomic E-state index is 13.0. The van der Waals surface area contributed by atoms with Gasteiger partial charge in [-0.3, -0.25) is 4.40 Å². The number of alkyl halides is 3. The van der Waals surface area contributed by atoms with Crippen LogP contribution < -0.4 is 10.1 Å². The maximum Gasteiger partial charge on any atom is 0.416 e. The van der Waals surface area contributed by atoms with E-state index in [9.17, 15) is 13.2 Å². The van der Waals surface area contributed by atoms with Crippen LogP contribution in [-0.2, 0) is 6.18 Å². The Hall–Kier alpha value is -2.88. The van der Waals surface area contributed by atoms with E-state index < -0.39 is 11.7 Å². The van der Waals surface area contributed by atoms with Gasteiger partial charge in [-0.15, -0.1) is 10.2 Å². The molecular formula is C19H21F3N6O. The third-order valence-electron chi connectivity index (χ3n) is 5.07. The van der Waals surface area contributed by atoms with Crippen LogP contribution in [0.1, 0.15) is 18.4 Å². The topological polar surface area (TPSA) is 67.6 Å². The number of nitrogens with one attached hydrogen (secondary N) is 1. The quantitative estimate of drug-likeness (QED) is 0.717. The van der Waals surface area contributed by atoms with Crippen LogP contribution in [-0.4, -0.2) is 57.8 Å². The van der Waals surface area contributed by atoms with Crippen molar-refractivity contribution in [3.05, 3.63) is 36.2 Å².